The van der Waals surface area contributed by atoms with Crippen LogP contribution in [0.1, 0.15) is 13.3 Å². The van der Waals surface area contributed by atoms with Gasteiger partial charge in [-0.2, -0.15) is 8.78 Å². The van der Waals surface area contributed by atoms with Gasteiger partial charge in [-0.1, -0.05) is 5.16 Å². The first-order valence-corrected chi connectivity index (χ1v) is 3.64. The Hall–Kier alpha value is -1.04. The van der Waals surface area contributed by atoms with Crippen molar-refractivity contribution in [2.75, 3.05) is 6.61 Å². The van der Waals surface area contributed by atoms with E-state index in [0.29, 0.717) is 0 Å². The smallest absolute Gasteiger partial charge is 0.301 e. The molecule has 0 radical (unpaired) electrons. The van der Waals surface area contributed by atoms with Crippen LogP contribution in [-0.4, -0.2) is 18.9 Å². The molecule has 0 aromatic carbocycles. The number of oxime groups is 1. The monoisotopic (exact) mass is 196 g/mol. The summed E-state index contributed by atoms with van der Waals surface area (Å²) in [6.45, 7) is 1.43. The molecule has 0 bridgehead atoms. The van der Waals surface area contributed by atoms with Crippen LogP contribution in [0, 0.1) is 0 Å². The summed E-state index contributed by atoms with van der Waals surface area (Å²) < 4.78 is 35.0. The Morgan fingerprint density at radius 2 is 2.15 bits per heavy atom. The lowest BCUT2D eigenvalue weighted by atomic mass is 10.4. The molecular weight excluding hydrogens is 185 g/mol. The minimum atomic E-state index is -2.32. The van der Waals surface area contributed by atoms with Crippen LogP contribution in [0.3, 0.4) is 0 Å². The Kier molecular flexibility index (Phi) is 5.96. The Balaban J connectivity index is 3.53. The summed E-state index contributed by atoms with van der Waals surface area (Å²) in [4.78, 5) is 4.45. The van der Waals surface area contributed by atoms with E-state index in [4.69, 9.17) is 5.73 Å². The topological polar surface area (TPSA) is 47.6 Å². The van der Waals surface area contributed by atoms with Gasteiger partial charge in [-0.25, -0.2) is 4.39 Å². The lowest BCUT2D eigenvalue weighted by Gasteiger charge is -1.97. The molecule has 0 aliphatic heterocycles. The predicted molar refractivity (Wildman–Crippen MR) is 43.1 cm³/mol. The summed E-state index contributed by atoms with van der Waals surface area (Å²) in [7, 11) is 0. The van der Waals surface area contributed by atoms with Gasteiger partial charge in [-0.3, -0.25) is 0 Å². The fourth-order valence-electron chi connectivity index (χ4n) is 0.421. The van der Waals surface area contributed by atoms with Crippen LogP contribution in [0.2, 0.25) is 0 Å². The van der Waals surface area contributed by atoms with Crippen molar-refractivity contribution in [3.63, 3.8) is 0 Å². The number of hydrogen-bond donors (Lipinski definition) is 1. The van der Waals surface area contributed by atoms with Gasteiger partial charge in [-0.15, -0.1) is 0 Å². The zero-order valence-electron chi connectivity index (χ0n) is 7.14. The summed E-state index contributed by atoms with van der Waals surface area (Å²) in [5.74, 6) is -1.48. The summed E-state index contributed by atoms with van der Waals surface area (Å²) >= 11 is 0. The highest BCUT2D eigenvalue weighted by atomic mass is 19.3. The molecule has 0 aliphatic rings. The molecule has 0 aliphatic carbocycles. The van der Waals surface area contributed by atoms with Crippen LogP contribution in [0.4, 0.5) is 13.2 Å². The fraction of sp³-hybridized carbons (Fsp3) is 0.571. The molecule has 0 aromatic rings. The van der Waals surface area contributed by atoms with E-state index in [2.05, 4.69) is 9.99 Å². The average Bonchev–Trinajstić information content (AvgIpc) is 2.02. The van der Waals surface area contributed by atoms with Crippen molar-refractivity contribution in [1.29, 1.82) is 0 Å². The molecule has 0 heterocycles. The molecular formula is C7H11F3N2O. The fourth-order valence-corrected chi connectivity index (χ4v) is 0.421. The highest BCUT2D eigenvalue weighted by molar-refractivity contribution is 5.62. The normalized spacial score (nSPS) is 13.0. The Morgan fingerprint density at radius 1 is 1.54 bits per heavy atom. The van der Waals surface area contributed by atoms with Crippen molar-refractivity contribution in [1.82, 2.24) is 0 Å². The van der Waals surface area contributed by atoms with Crippen molar-refractivity contribution in [2.45, 2.75) is 19.4 Å². The molecule has 0 rings (SSSR count). The number of hydrogen-bond acceptors (Lipinski definition) is 3. The minimum Gasteiger partial charge on any atom is -0.396 e. The van der Waals surface area contributed by atoms with Gasteiger partial charge in [0.2, 0.25) is 0 Å². The second-order valence-electron chi connectivity index (χ2n) is 2.36. The van der Waals surface area contributed by atoms with Gasteiger partial charge in [0, 0.05) is 12.5 Å². The second-order valence-corrected chi connectivity index (χ2v) is 2.36. The molecule has 0 fully saturated rings. The van der Waals surface area contributed by atoms with Gasteiger partial charge < -0.3 is 10.6 Å². The van der Waals surface area contributed by atoms with Gasteiger partial charge >= 0.3 is 6.08 Å². The SMILES string of the molecule is CC(N)/C=N/OCCC(F)=C(F)F. The van der Waals surface area contributed by atoms with E-state index in [-0.39, 0.29) is 12.6 Å². The first kappa shape index (κ1) is 12.0. The van der Waals surface area contributed by atoms with Crippen LogP contribution in [0.25, 0.3) is 0 Å². The van der Waals surface area contributed by atoms with Gasteiger partial charge in [0.25, 0.3) is 0 Å². The molecule has 1 unspecified atom stereocenters. The second kappa shape index (κ2) is 6.47. The Morgan fingerprint density at radius 3 is 2.62 bits per heavy atom. The molecule has 1 atom stereocenters. The predicted octanol–water partition coefficient (Wildman–Crippen LogP) is 1.80. The quantitative estimate of drug-likeness (QED) is 0.414. The zero-order chi connectivity index (χ0) is 10.3. The van der Waals surface area contributed by atoms with Crippen LogP contribution in [-0.2, 0) is 4.84 Å². The van der Waals surface area contributed by atoms with Crippen molar-refractivity contribution < 1.29 is 18.0 Å². The number of nitrogens with two attached hydrogens (primary N) is 1. The van der Waals surface area contributed by atoms with Crippen molar-refractivity contribution in [2.24, 2.45) is 10.9 Å². The molecule has 3 nitrogen and oxygen atoms in total. The molecule has 0 saturated carbocycles. The Bertz CT molecular complexity index is 200. The molecule has 76 valence electrons. The highest BCUT2D eigenvalue weighted by Gasteiger charge is 2.03. The van der Waals surface area contributed by atoms with E-state index in [1.54, 1.807) is 6.92 Å². The maximum Gasteiger partial charge on any atom is 0.301 e. The molecule has 0 amide bonds. The van der Waals surface area contributed by atoms with Crippen LogP contribution in [0.5, 0.6) is 0 Å². The van der Waals surface area contributed by atoms with Crippen LogP contribution >= 0.6 is 0 Å². The molecule has 13 heavy (non-hydrogen) atoms. The number of nitrogens with zero attached hydrogens (tertiary/aromatic N) is 1. The van der Waals surface area contributed by atoms with Crippen LogP contribution < -0.4 is 5.73 Å². The maximum absolute atomic E-state index is 12.1. The van der Waals surface area contributed by atoms with E-state index >= 15 is 0 Å². The molecule has 0 aromatic heterocycles. The van der Waals surface area contributed by atoms with Gasteiger partial charge in [0.1, 0.15) is 6.61 Å². The van der Waals surface area contributed by atoms with Crippen molar-refractivity contribution in [3.8, 4) is 0 Å². The Labute approximate surface area is 74.0 Å². The van der Waals surface area contributed by atoms with Gasteiger partial charge in [0.05, 0.1) is 6.21 Å². The van der Waals surface area contributed by atoms with E-state index < -0.39 is 18.3 Å². The molecule has 6 heteroatoms. The lowest BCUT2D eigenvalue weighted by Crippen LogP contribution is -2.16. The number of rotatable bonds is 5. The lowest BCUT2D eigenvalue weighted by molar-refractivity contribution is 0.142. The molecule has 2 N–H and O–H groups in total. The third kappa shape index (κ3) is 7.32. The maximum atomic E-state index is 12.1. The van der Waals surface area contributed by atoms with E-state index in [0.717, 1.165) is 0 Å². The zero-order valence-corrected chi connectivity index (χ0v) is 7.14. The van der Waals surface area contributed by atoms with Gasteiger partial charge in [-0.05, 0) is 6.92 Å². The summed E-state index contributed by atoms with van der Waals surface area (Å²) in [6, 6.07) is -0.279. The molecule has 0 spiro atoms. The molecule has 0 saturated heterocycles. The summed E-state index contributed by atoms with van der Waals surface area (Å²) in [5, 5.41) is 3.32. The van der Waals surface area contributed by atoms with Crippen LogP contribution in [0.15, 0.2) is 17.1 Å². The minimum absolute atomic E-state index is 0.230. The van der Waals surface area contributed by atoms with Crippen molar-refractivity contribution >= 4 is 6.21 Å². The highest BCUT2D eigenvalue weighted by Crippen LogP contribution is 2.12. The third-order valence-corrected chi connectivity index (χ3v) is 0.988. The first-order valence-electron chi connectivity index (χ1n) is 3.64. The largest absolute Gasteiger partial charge is 0.396 e. The van der Waals surface area contributed by atoms with E-state index in [1.807, 2.05) is 0 Å². The summed E-state index contributed by atoms with van der Waals surface area (Å²) in [5.41, 5.74) is 5.25. The average molecular weight is 196 g/mol. The number of halogens is 3. The standard InChI is InChI=1S/C7H11F3N2O/c1-5(11)4-12-13-3-2-6(8)7(9)10/h4-5H,2-3,11H2,1H3/b12-4+. The van der Waals surface area contributed by atoms with E-state index in [9.17, 15) is 13.2 Å². The van der Waals surface area contributed by atoms with E-state index in [1.165, 1.54) is 6.21 Å². The summed E-state index contributed by atoms with van der Waals surface area (Å²) in [6.07, 6.45) is -1.52. The van der Waals surface area contributed by atoms with Gasteiger partial charge in [0.15, 0.2) is 5.83 Å². The first-order chi connectivity index (χ1) is 6.04. The van der Waals surface area contributed by atoms with Crippen molar-refractivity contribution in [3.05, 3.63) is 11.9 Å². The third-order valence-electron chi connectivity index (χ3n) is 0.988.